The predicted molar refractivity (Wildman–Crippen MR) is 88.9 cm³/mol. The molecular weight excluding hydrogens is 300 g/mol. The molecule has 1 heterocycles. The number of hydrogen-bond donors (Lipinski definition) is 2. The fourth-order valence-electron chi connectivity index (χ4n) is 2.57. The van der Waals surface area contributed by atoms with Crippen molar-refractivity contribution < 1.29 is 9.59 Å². The van der Waals surface area contributed by atoms with Crippen LogP contribution in [0, 0.1) is 6.92 Å². The Bertz CT molecular complexity index is 702. The van der Waals surface area contributed by atoms with Gasteiger partial charge in [0.25, 0.3) is 5.91 Å². The Morgan fingerprint density at radius 3 is 2.41 bits per heavy atom. The first-order valence-corrected chi connectivity index (χ1v) is 7.61. The van der Waals surface area contributed by atoms with Crippen molar-refractivity contribution in [2.24, 2.45) is 0 Å². The normalized spacial score (nSPS) is 10.5. The van der Waals surface area contributed by atoms with E-state index in [1.165, 1.54) is 6.92 Å². The van der Waals surface area contributed by atoms with Gasteiger partial charge in [-0.3, -0.25) is 9.59 Å². The number of benzene rings is 1. The zero-order valence-corrected chi connectivity index (χ0v) is 13.7. The average molecular weight is 319 g/mol. The lowest BCUT2D eigenvalue weighted by Crippen LogP contribution is -2.15. The minimum absolute atomic E-state index is 0.0252. The molecule has 4 nitrogen and oxygen atoms in total. The summed E-state index contributed by atoms with van der Waals surface area (Å²) >= 11 is 5.83. The van der Waals surface area contributed by atoms with Crippen LogP contribution < -0.4 is 5.32 Å². The molecule has 0 spiro atoms. The maximum atomic E-state index is 12.5. The van der Waals surface area contributed by atoms with Crippen molar-refractivity contribution in [1.29, 1.82) is 0 Å². The second-order valence-corrected chi connectivity index (χ2v) is 5.68. The average Bonchev–Trinajstić information content (AvgIpc) is 2.79. The predicted octanol–water partition coefficient (Wildman–Crippen LogP) is 4.38. The van der Waals surface area contributed by atoms with Crippen LogP contribution in [0.5, 0.6) is 0 Å². The Balaban J connectivity index is 2.34. The molecule has 5 heteroatoms. The minimum Gasteiger partial charge on any atom is -0.354 e. The second-order valence-electron chi connectivity index (χ2n) is 5.25. The number of aromatic amines is 1. The van der Waals surface area contributed by atoms with E-state index in [-0.39, 0.29) is 11.7 Å². The van der Waals surface area contributed by atoms with Gasteiger partial charge in [0.1, 0.15) is 5.69 Å². The van der Waals surface area contributed by atoms with Gasteiger partial charge in [-0.25, -0.2) is 0 Å². The highest BCUT2D eigenvalue weighted by Gasteiger charge is 2.22. The molecule has 0 fully saturated rings. The maximum absolute atomic E-state index is 12.5. The summed E-state index contributed by atoms with van der Waals surface area (Å²) in [4.78, 5) is 27.4. The minimum atomic E-state index is -0.249. The Morgan fingerprint density at radius 2 is 1.86 bits per heavy atom. The van der Waals surface area contributed by atoms with Gasteiger partial charge in [-0.15, -0.1) is 0 Å². The number of amides is 1. The van der Waals surface area contributed by atoms with Crippen molar-refractivity contribution in [2.75, 3.05) is 5.32 Å². The Labute approximate surface area is 134 Å². The highest BCUT2D eigenvalue weighted by molar-refractivity contribution is 6.30. The summed E-state index contributed by atoms with van der Waals surface area (Å²) in [5, 5.41) is 3.43. The number of Topliss-reactive ketones (excluding diaryl/α,β-unsaturated/α-hetero) is 1. The quantitative estimate of drug-likeness (QED) is 0.803. The molecule has 0 bridgehead atoms. The molecule has 1 aromatic heterocycles. The number of anilines is 1. The first kappa shape index (κ1) is 16.3. The number of halogens is 1. The van der Waals surface area contributed by atoms with Gasteiger partial charge in [0.15, 0.2) is 5.78 Å². The third kappa shape index (κ3) is 3.39. The SMILES string of the molecule is CCCc1c(C(=O)Nc2ccc(Cl)cc2)[nH]c(C)c1C(C)=O. The van der Waals surface area contributed by atoms with Gasteiger partial charge in [0.2, 0.25) is 0 Å². The Hall–Kier alpha value is -2.07. The summed E-state index contributed by atoms with van der Waals surface area (Å²) < 4.78 is 0. The topological polar surface area (TPSA) is 62.0 Å². The van der Waals surface area contributed by atoms with Crippen LogP contribution in [0.2, 0.25) is 5.02 Å². The third-order valence-corrected chi connectivity index (χ3v) is 3.72. The van der Waals surface area contributed by atoms with Crippen molar-refractivity contribution in [2.45, 2.75) is 33.6 Å². The van der Waals surface area contributed by atoms with E-state index in [0.29, 0.717) is 28.4 Å². The lowest BCUT2D eigenvalue weighted by molar-refractivity contribution is 0.101. The van der Waals surface area contributed by atoms with E-state index < -0.39 is 0 Å². The van der Waals surface area contributed by atoms with Crippen LogP contribution in [0.1, 0.15) is 52.4 Å². The zero-order chi connectivity index (χ0) is 16.3. The van der Waals surface area contributed by atoms with E-state index in [1.807, 2.05) is 13.8 Å². The number of carbonyl (C=O) groups excluding carboxylic acids is 2. The second kappa shape index (κ2) is 6.79. The molecule has 1 aromatic carbocycles. The molecule has 0 saturated heterocycles. The maximum Gasteiger partial charge on any atom is 0.272 e. The third-order valence-electron chi connectivity index (χ3n) is 3.47. The number of ketones is 1. The number of aromatic nitrogens is 1. The van der Waals surface area contributed by atoms with Crippen LogP contribution in [0.15, 0.2) is 24.3 Å². The van der Waals surface area contributed by atoms with Crippen molar-refractivity contribution >= 4 is 29.0 Å². The molecule has 0 saturated carbocycles. The van der Waals surface area contributed by atoms with E-state index >= 15 is 0 Å². The van der Waals surface area contributed by atoms with Gasteiger partial charge in [-0.2, -0.15) is 0 Å². The molecule has 22 heavy (non-hydrogen) atoms. The van der Waals surface area contributed by atoms with Gasteiger partial charge in [-0.05, 0) is 50.1 Å². The van der Waals surface area contributed by atoms with Crippen LogP contribution in [0.3, 0.4) is 0 Å². The molecule has 2 rings (SSSR count). The molecule has 0 aliphatic carbocycles. The summed E-state index contributed by atoms with van der Waals surface area (Å²) in [5.41, 5.74) is 3.27. The molecule has 2 N–H and O–H groups in total. The monoisotopic (exact) mass is 318 g/mol. The van der Waals surface area contributed by atoms with E-state index in [9.17, 15) is 9.59 Å². The lowest BCUT2D eigenvalue weighted by Gasteiger charge is -2.07. The number of H-pyrrole nitrogens is 1. The largest absolute Gasteiger partial charge is 0.354 e. The molecular formula is C17H19ClN2O2. The van der Waals surface area contributed by atoms with Crippen molar-refractivity contribution in [1.82, 2.24) is 4.98 Å². The highest BCUT2D eigenvalue weighted by Crippen LogP contribution is 2.23. The molecule has 0 aliphatic rings. The number of rotatable bonds is 5. The van der Waals surface area contributed by atoms with Gasteiger partial charge in [0.05, 0.1) is 0 Å². The van der Waals surface area contributed by atoms with Gasteiger partial charge >= 0.3 is 0 Å². The number of nitrogens with one attached hydrogen (secondary N) is 2. The fraction of sp³-hybridized carbons (Fsp3) is 0.294. The van der Waals surface area contributed by atoms with Gasteiger partial charge in [0, 0.05) is 22.0 Å². The highest BCUT2D eigenvalue weighted by atomic mass is 35.5. The summed E-state index contributed by atoms with van der Waals surface area (Å²) in [5.74, 6) is -0.274. The molecule has 0 atom stereocenters. The van der Waals surface area contributed by atoms with Crippen LogP contribution in [-0.4, -0.2) is 16.7 Å². The smallest absolute Gasteiger partial charge is 0.272 e. The molecule has 0 aliphatic heterocycles. The molecule has 0 radical (unpaired) electrons. The van der Waals surface area contributed by atoms with Crippen molar-refractivity contribution in [3.8, 4) is 0 Å². The van der Waals surface area contributed by atoms with Gasteiger partial charge < -0.3 is 10.3 Å². The fourth-order valence-corrected chi connectivity index (χ4v) is 2.70. The number of aryl methyl sites for hydroxylation is 1. The van der Waals surface area contributed by atoms with E-state index in [1.54, 1.807) is 24.3 Å². The van der Waals surface area contributed by atoms with Crippen molar-refractivity contribution in [3.05, 3.63) is 51.8 Å². The zero-order valence-electron chi connectivity index (χ0n) is 12.9. The summed E-state index contributed by atoms with van der Waals surface area (Å²) in [7, 11) is 0. The van der Waals surface area contributed by atoms with Crippen LogP contribution in [0.4, 0.5) is 5.69 Å². The van der Waals surface area contributed by atoms with Crippen LogP contribution in [0.25, 0.3) is 0 Å². The van der Waals surface area contributed by atoms with Gasteiger partial charge in [-0.1, -0.05) is 24.9 Å². The first-order chi connectivity index (χ1) is 10.4. The Kier molecular flexibility index (Phi) is 5.03. The van der Waals surface area contributed by atoms with Crippen LogP contribution >= 0.6 is 11.6 Å². The standard InChI is InChI=1S/C17H19ClN2O2/c1-4-5-14-15(11(3)21)10(2)19-16(14)17(22)20-13-8-6-12(18)7-9-13/h6-9,19H,4-5H2,1-3H3,(H,20,22). The summed E-state index contributed by atoms with van der Waals surface area (Å²) in [6, 6.07) is 6.90. The Morgan fingerprint density at radius 1 is 1.23 bits per heavy atom. The molecule has 116 valence electrons. The number of carbonyl (C=O) groups is 2. The van der Waals surface area contributed by atoms with Crippen molar-refractivity contribution in [3.63, 3.8) is 0 Å². The molecule has 2 aromatic rings. The van der Waals surface area contributed by atoms with Crippen LogP contribution in [-0.2, 0) is 6.42 Å². The summed E-state index contributed by atoms with van der Waals surface area (Å²) in [6.45, 7) is 5.36. The summed E-state index contributed by atoms with van der Waals surface area (Å²) in [6.07, 6.45) is 1.54. The number of hydrogen-bond acceptors (Lipinski definition) is 2. The van der Waals surface area contributed by atoms with E-state index in [2.05, 4.69) is 10.3 Å². The van der Waals surface area contributed by atoms with E-state index in [4.69, 9.17) is 11.6 Å². The first-order valence-electron chi connectivity index (χ1n) is 7.23. The molecule has 0 unspecified atom stereocenters. The lowest BCUT2D eigenvalue weighted by atomic mass is 10.0. The molecule has 1 amide bonds. The van der Waals surface area contributed by atoms with E-state index in [0.717, 1.165) is 17.7 Å².